The van der Waals surface area contributed by atoms with Crippen LogP contribution in [-0.2, 0) is 6.42 Å². The molecule has 0 amide bonds. The van der Waals surface area contributed by atoms with Gasteiger partial charge in [0.15, 0.2) is 0 Å². The van der Waals surface area contributed by atoms with Crippen molar-refractivity contribution in [2.45, 2.75) is 31.7 Å². The maximum Gasteiger partial charge on any atom is 0.141 e. The van der Waals surface area contributed by atoms with Crippen LogP contribution in [0.5, 0.6) is 0 Å². The molecule has 1 saturated heterocycles. The highest BCUT2D eigenvalue weighted by molar-refractivity contribution is 7.12. The number of thiophene rings is 1. The Morgan fingerprint density at radius 3 is 2.83 bits per heavy atom. The van der Waals surface area contributed by atoms with E-state index < -0.39 is 0 Å². The Morgan fingerprint density at radius 1 is 1.17 bits per heavy atom. The van der Waals surface area contributed by atoms with Gasteiger partial charge in [0.2, 0.25) is 0 Å². The number of piperidine rings is 1. The number of fused-ring (bicyclic) bond motifs is 3. The molecule has 130 valence electrons. The fraction of sp³-hybridized carbons (Fsp3) is 0.389. The molecule has 24 heavy (non-hydrogen) atoms. The lowest BCUT2D eigenvalue weighted by atomic mass is 9.87. The van der Waals surface area contributed by atoms with Gasteiger partial charge < -0.3 is 5.73 Å². The van der Waals surface area contributed by atoms with Crippen molar-refractivity contribution in [1.82, 2.24) is 4.90 Å². The average molecular weight is 384 g/mol. The summed E-state index contributed by atoms with van der Waals surface area (Å²) in [7, 11) is 0. The molecule has 1 aromatic heterocycles. The molecule has 2 aliphatic heterocycles. The van der Waals surface area contributed by atoms with Crippen LogP contribution in [0.1, 0.15) is 41.3 Å². The van der Waals surface area contributed by atoms with Crippen molar-refractivity contribution in [2.24, 2.45) is 10.7 Å². The van der Waals surface area contributed by atoms with Gasteiger partial charge in [-0.2, -0.15) is 0 Å². The quantitative estimate of drug-likeness (QED) is 0.602. The molecule has 2 N–H and O–H groups in total. The number of nitrogens with zero attached hydrogens (tertiary/aromatic N) is 2. The first-order valence-corrected chi connectivity index (χ1v) is 8.94. The monoisotopic (exact) mass is 383 g/mol. The van der Waals surface area contributed by atoms with Crippen LogP contribution in [0.4, 0.5) is 5.69 Å². The van der Waals surface area contributed by atoms with Crippen LogP contribution in [0.2, 0.25) is 0 Å². The molecule has 0 radical (unpaired) electrons. The third-order valence-electron chi connectivity index (χ3n) is 4.79. The van der Waals surface area contributed by atoms with Crippen LogP contribution in [0.15, 0.2) is 40.7 Å². The fourth-order valence-electron chi connectivity index (χ4n) is 3.68. The zero-order valence-corrected chi connectivity index (χ0v) is 15.9. The SMILES string of the molecule is Cl.Cl.NC(=Nc1ccc2c(c1)C1CCCCN1CC2)c1cccs1. The number of rotatable bonds is 2. The molecular formula is C18H23Cl2N3S. The number of hydrogen-bond acceptors (Lipinski definition) is 3. The van der Waals surface area contributed by atoms with Crippen molar-refractivity contribution in [3.63, 3.8) is 0 Å². The fourth-order valence-corrected chi connectivity index (χ4v) is 4.31. The van der Waals surface area contributed by atoms with Gasteiger partial charge in [-0.05, 0) is 60.5 Å². The van der Waals surface area contributed by atoms with E-state index in [1.807, 2.05) is 17.5 Å². The molecule has 4 rings (SSSR count). The first-order chi connectivity index (χ1) is 10.8. The predicted molar refractivity (Wildman–Crippen MR) is 108 cm³/mol. The molecular weight excluding hydrogens is 361 g/mol. The van der Waals surface area contributed by atoms with Crippen LogP contribution < -0.4 is 5.73 Å². The van der Waals surface area contributed by atoms with Crippen LogP contribution in [0.3, 0.4) is 0 Å². The topological polar surface area (TPSA) is 41.6 Å². The molecule has 2 aromatic rings. The molecule has 0 saturated carbocycles. The Labute approximate surface area is 159 Å². The molecule has 1 unspecified atom stereocenters. The molecule has 3 nitrogen and oxygen atoms in total. The number of nitrogens with two attached hydrogens (primary N) is 1. The smallest absolute Gasteiger partial charge is 0.141 e. The van der Waals surface area contributed by atoms with E-state index in [2.05, 4.69) is 28.1 Å². The zero-order valence-electron chi connectivity index (χ0n) is 13.5. The minimum atomic E-state index is 0. The largest absolute Gasteiger partial charge is 0.383 e. The highest BCUT2D eigenvalue weighted by atomic mass is 35.5. The van der Waals surface area contributed by atoms with E-state index in [0.717, 1.165) is 17.0 Å². The normalized spacial score (nSPS) is 20.3. The molecule has 0 aliphatic carbocycles. The lowest BCUT2D eigenvalue weighted by Crippen LogP contribution is -2.38. The second-order valence-corrected chi connectivity index (χ2v) is 7.10. The summed E-state index contributed by atoms with van der Waals surface area (Å²) in [4.78, 5) is 8.31. The minimum absolute atomic E-state index is 0. The molecule has 3 heterocycles. The number of benzene rings is 1. The summed E-state index contributed by atoms with van der Waals surface area (Å²) in [5.74, 6) is 0.617. The lowest BCUT2D eigenvalue weighted by Gasteiger charge is -2.40. The van der Waals surface area contributed by atoms with Crippen molar-refractivity contribution in [3.05, 3.63) is 51.7 Å². The zero-order chi connectivity index (χ0) is 14.9. The number of aliphatic imine (C=N–C) groups is 1. The highest BCUT2D eigenvalue weighted by Gasteiger charge is 2.29. The molecule has 1 atom stereocenters. The van der Waals surface area contributed by atoms with E-state index >= 15 is 0 Å². The summed E-state index contributed by atoms with van der Waals surface area (Å²) < 4.78 is 0. The summed E-state index contributed by atoms with van der Waals surface area (Å²) in [5.41, 5.74) is 10.1. The third-order valence-corrected chi connectivity index (χ3v) is 5.69. The number of hydrogen-bond donors (Lipinski definition) is 1. The van der Waals surface area contributed by atoms with E-state index in [-0.39, 0.29) is 24.8 Å². The Balaban J connectivity index is 0.00000104. The predicted octanol–water partition coefficient (Wildman–Crippen LogP) is 4.71. The maximum absolute atomic E-state index is 6.13. The second kappa shape index (κ2) is 8.34. The van der Waals surface area contributed by atoms with Crippen molar-refractivity contribution in [3.8, 4) is 0 Å². The minimum Gasteiger partial charge on any atom is -0.383 e. The summed E-state index contributed by atoms with van der Waals surface area (Å²) in [5, 5.41) is 2.03. The molecule has 0 spiro atoms. The van der Waals surface area contributed by atoms with Crippen LogP contribution in [0.25, 0.3) is 0 Å². The first-order valence-electron chi connectivity index (χ1n) is 8.06. The number of amidine groups is 1. The van der Waals surface area contributed by atoms with Gasteiger partial charge >= 0.3 is 0 Å². The van der Waals surface area contributed by atoms with E-state index in [0.29, 0.717) is 11.9 Å². The Kier molecular flexibility index (Phi) is 6.70. The van der Waals surface area contributed by atoms with Crippen LogP contribution >= 0.6 is 36.2 Å². The molecule has 0 bridgehead atoms. The molecule has 1 aromatic carbocycles. The second-order valence-electron chi connectivity index (χ2n) is 6.16. The van der Waals surface area contributed by atoms with E-state index in [1.54, 1.807) is 11.3 Å². The van der Waals surface area contributed by atoms with Crippen molar-refractivity contribution in [1.29, 1.82) is 0 Å². The average Bonchev–Trinajstić information content (AvgIpc) is 3.09. The van der Waals surface area contributed by atoms with E-state index in [9.17, 15) is 0 Å². The lowest BCUT2D eigenvalue weighted by molar-refractivity contribution is 0.139. The van der Waals surface area contributed by atoms with Gasteiger partial charge in [0.05, 0.1) is 10.6 Å². The van der Waals surface area contributed by atoms with Gasteiger partial charge in [0.1, 0.15) is 5.84 Å². The summed E-state index contributed by atoms with van der Waals surface area (Å²) in [6.45, 7) is 2.45. The third kappa shape index (κ3) is 3.77. The summed E-state index contributed by atoms with van der Waals surface area (Å²) >= 11 is 1.63. The summed E-state index contributed by atoms with van der Waals surface area (Å²) in [6, 6.07) is 11.2. The van der Waals surface area contributed by atoms with E-state index in [4.69, 9.17) is 5.73 Å². The Hall–Kier alpha value is -1.07. The van der Waals surface area contributed by atoms with Gasteiger partial charge in [-0.25, -0.2) is 4.99 Å². The van der Waals surface area contributed by atoms with Gasteiger partial charge in [-0.15, -0.1) is 36.2 Å². The van der Waals surface area contributed by atoms with Crippen molar-refractivity contribution in [2.75, 3.05) is 13.1 Å². The van der Waals surface area contributed by atoms with Gasteiger partial charge in [0.25, 0.3) is 0 Å². The molecule has 1 fully saturated rings. The van der Waals surface area contributed by atoms with Gasteiger partial charge in [0, 0.05) is 12.6 Å². The van der Waals surface area contributed by atoms with Crippen LogP contribution in [-0.4, -0.2) is 23.8 Å². The van der Waals surface area contributed by atoms with Gasteiger partial charge in [-0.3, -0.25) is 4.90 Å². The van der Waals surface area contributed by atoms with Crippen molar-refractivity contribution >= 4 is 47.7 Å². The Morgan fingerprint density at radius 2 is 2.04 bits per heavy atom. The molecule has 2 aliphatic rings. The van der Waals surface area contributed by atoms with Crippen molar-refractivity contribution < 1.29 is 0 Å². The Bertz CT molecular complexity index is 700. The number of halogens is 2. The maximum atomic E-state index is 6.13. The first kappa shape index (κ1) is 19.3. The van der Waals surface area contributed by atoms with Gasteiger partial charge in [-0.1, -0.05) is 18.6 Å². The molecule has 6 heteroatoms. The summed E-state index contributed by atoms with van der Waals surface area (Å²) in [6.07, 6.45) is 5.12. The highest BCUT2D eigenvalue weighted by Crippen LogP contribution is 2.38. The van der Waals surface area contributed by atoms with Crippen LogP contribution in [0, 0.1) is 0 Å². The van der Waals surface area contributed by atoms with E-state index in [1.165, 1.54) is 43.5 Å². The standard InChI is InChI=1S/C18H21N3S.2ClH/c19-18(17-5-3-11-22-17)20-14-7-6-13-8-10-21-9-2-1-4-16(21)15(13)12-14;;/h3,5-7,11-12,16H,1-2,4,8-10H2,(H2,19,20);2*1H.